The Morgan fingerprint density at radius 2 is 1.77 bits per heavy atom. The maximum absolute atomic E-state index is 3.90. The van der Waals surface area contributed by atoms with Gasteiger partial charge in [0.2, 0.25) is 0 Å². The average Bonchev–Trinajstić information content (AvgIpc) is 2.36. The predicted octanol–water partition coefficient (Wildman–Crippen LogP) is 7.03. The number of hydrogen-bond acceptors (Lipinski definition) is 0. The van der Waals surface area contributed by atoms with Gasteiger partial charge in [0, 0.05) is 0 Å². The van der Waals surface area contributed by atoms with E-state index in [0.717, 1.165) is 11.5 Å². The van der Waals surface area contributed by atoms with Crippen LogP contribution in [0, 0.1) is 17.3 Å². The first-order chi connectivity index (χ1) is 10.2. The highest BCUT2D eigenvalue weighted by molar-refractivity contribution is 5.30. The first-order valence-corrected chi connectivity index (χ1v) is 8.59. The van der Waals surface area contributed by atoms with E-state index < -0.39 is 0 Å². The normalized spacial score (nSPS) is 26.8. The van der Waals surface area contributed by atoms with Crippen molar-refractivity contribution in [3.05, 3.63) is 59.8 Å². The number of rotatable bonds is 5. The van der Waals surface area contributed by atoms with Crippen LogP contribution in [-0.4, -0.2) is 0 Å². The second-order valence-corrected chi connectivity index (χ2v) is 7.75. The van der Waals surface area contributed by atoms with E-state index in [1.54, 1.807) is 0 Å². The summed E-state index contributed by atoms with van der Waals surface area (Å²) < 4.78 is 0. The maximum Gasteiger partial charge on any atom is -0.0153 e. The van der Waals surface area contributed by atoms with E-state index in [0.29, 0.717) is 11.3 Å². The Kier molecular flexibility index (Phi) is 7.13. The largest absolute Gasteiger partial charge is 0.0961 e. The average molecular weight is 299 g/mol. The molecule has 1 aliphatic carbocycles. The summed E-state index contributed by atoms with van der Waals surface area (Å²) in [5, 5.41) is 0. The Labute approximate surface area is 138 Å². The lowest BCUT2D eigenvalue weighted by Crippen LogP contribution is -2.32. The molecule has 1 fully saturated rings. The van der Waals surface area contributed by atoms with E-state index in [1.807, 2.05) is 6.92 Å². The molecule has 0 nitrogen and oxygen atoms in total. The third kappa shape index (κ3) is 6.22. The van der Waals surface area contributed by atoms with Gasteiger partial charge in [-0.2, -0.15) is 0 Å². The second kappa shape index (κ2) is 8.36. The lowest BCUT2D eigenvalue weighted by atomic mass is 9.64. The molecule has 0 spiro atoms. The van der Waals surface area contributed by atoms with Crippen LogP contribution < -0.4 is 0 Å². The van der Waals surface area contributed by atoms with Crippen LogP contribution in [0.2, 0.25) is 0 Å². The molecule has 0 amide bonds. The molecule has 2 atom stereocenters. The summed E-state index contributed by atoms with van der Waals surface area (Å²) in [4.78, 5) is 0. The highest BCUT2D eigenvalue weighted by atomic mass is 14.4. The fraction of sp³-hybridized carbons (Fsp3) is 0.545. The van der Waals surface area contributed by atoms with Gasteiger partial charge in [-0.05, 0) is 44.4 Å². The minimum atomic E-state index is 0.436. The van der Waals surface area contributed by atoms with Gasteiger partial charge in [0.15, 0.2) is 0 Å². The molecule has 0 heterocycles. The third-order valence-corrected chi connectivity index (χ3v) is 4.75. The lowest BCUT2D eigenvalue weighted by Gasteiger charge is -2.41. The van der Waals surface area contributed by atoms with Crippen LogP contribution in [0.25, 0.3) is 0 Å². The maximum atomic E-state index is 3.90. The van der Waals surface area contributed by atoms with Crippen LogP contribution in [0.3, 0.4) is 0 Å². The molecular weight excluding hydrogens is 264 g/mol. The molecule has 0 aromatic carbocycles. The first kappa shape index (κ1) is 18.7. The van der Waals surface area contributed by atoms with Crippen molar-refractivity contribution in [3.8, 4) is 0 Å². The molecule has 0 saturated heterocycles. The third-order valence-electron chi connectivity index (χ3n) is 4.75. The van der Waals surface area contributed by atoms with Gasteiger partial charge in [0.25, 0.3) is 0 Å². The van der Waals surface area contributed by atoms with Gasteiger partial charge < -0.3 is 0 Å². The highest BCUT2D eigenvalue weighted by Crippen LogP contribution is 2.44. The minimum absolute atomic E-state index is 0.436. The van der Waals surface area contributed by atoms with Gasteiger partial charge in [-0.1, -0.05) is 93.4 Å². The lowest BCUT2D eigenvalue weighted by molar-refractivity contribution is 0.123. The van der Waals surface area contributed by atoms with E-state index in [9.17, 15) is 0 Å². The van der Waals surface area contributed by atoms with E-state index in [4.69, 9.17) is 0 Å². The van der Waals surface area contributed by atoms with Crippen LogP contribution in [0.1, 0.15) is 60.8 Å². The zero-order valence-corrected chi connectivity index (χ0v) is 15.4. The SMILES string of the molecule is C=C(C)/C=C(C)/C=C/C=C(C)/C=C/C1C(C)CCCC1(C)C. The van der Waals surface area contributed by atoms with Gasteiger partial charge in [0.1, 0.15) is 0 Å². The summed E-state index contributed by atoms with van der Waals surface area (Å²) in [6.07, 6.45) is 17.4. The second-order valence-electron chi connectivity index (χ2n) is 7.75. The Balaban J connectivity index is 2.70. The molecule has 0 radical (unpaired) electrons. The van der Waals surface area contributed by atoms with Gasteiger partial charge in [-0.15, -0.1) is 0 Å². The smallest absolute Gasteiger partial charge is 0.0153 e. The van der Waals surface area contributed by atoms with Gasteiger partial charge in [0.05, 0.1) is 0 Å². The van der Waals surface area contributed by atoms with Crippen LogP contribution in [0.4, 0.5) is 0 Å². The number of hydrogen-bond donors (Lipinski definition) is 0. The fourth-order valence-electron chi connectivity index (χ4n) is 3.55. The summed E-state index contributed by atoms with van der Waals surface area (Å²) in [5.41, 5.74) is 4.08. The van der Waals surface area contributed by atoms with Crippen molar-refractivity contribution < 1.29 is 0 Å². The van der Waals surface area contributed by atoms with E-state index in [-0.39, 0.29) is 0 Å². The minimum Gasteiger partial charge on any atom is -0.0961 e. The van der Waals surface area contributed by atoms with Crippen molar-refractivity contribution in [1.29, 1.82) is 0 Å². The monoisotopic (exact) mass is 298 g/mol. The molecule has 0 N–H and O–H groups in total. The van der Waals surface area contributed by atoms with Gasteiger partial charge in [-0.25, -0.2) is 0 Å². The summed E-state index contributed by atoms with van der Waals surface area (Å²) in [7, 11) is 0. The van der Waals surface area contributed by atoms with Crippen LogP contribution in [-0.2, 0) is 0 Å². The molecule has 1 rings (SSSR count). The van der Waals surface area contributed by atoms with E-state index in [1.165, 1.54) is 30.4 Å². The molecule has 122 valence electrons. The number of allylic oxidation sites excluding steroid dienone is 9. The molecule has 0 aromatic heterocycles. The molecule has 0 heteroatoms. The molecule has 1 saturated carbocycles. The van der Waals surface area contributed by atoms with Crippen molar-refractivity contribution in [3.63, 3.8) is 0 Å². The fourth-order valence-corrected chi connectivity index (χ4v) is 3.55. The highest BCUT2D eigenvalue weighted by Gasteiger charge is 2.34. The molecule has 2 unspecified atom stereocenters. The zero-order valence-electron chi connectivity index (χ0n) is 15.4. The summed E-state index contributed by atoms with van der Waals surface area (Å²) >= 11 is 0. The summed E-state index contributed by atoms with van der Waals surface area (Å²) in [6.45, 7) is 17.5. The molecule has 0 bridgehead atoms. The Morgan fingerprint density at radius 3 is 2.36 bits per heavy atom. The quantitative estimate of drug-likeness (QED) is 0.478. The van der Waals surface area contributed by atoms with Gasteiger partial charge >= 0.3 is 0 Å². The van der Waals surface area contributed by atoms with Crippen LogP contribution in [0.15, 0.2) is 59.8 Å². The Morgan fingerprint density at radius 1 is 1.09 bits per heavy atom. The standard InChI is InChI=1S/C22H34/c1-17(2)16-19(4)11-8-10-18(3)13-14-21-20(5)12-9-15-22(21,6)7/h8,10-11,13-14,16,20-21H,1,9,12,15H2,2-7H3/b11-8+,14-13+,18-10+,19-16+. The molecule has 0 aromatic rings. The summed E-state index contributed by atoms with van der Waals surface area (Å²) in [5.74, 6) is 1.49. The van der Waals surface area contributed by atoms with Crippen molar-refractivity contribution in [2.45, 2.75) is 60.8 Å². The first-order valence-electron chi connectivity index (χ1n) is 8.59. The topological polar surface area (TPSA) is 0 Å². The Hall–Kier alpha value is -1.30. The van der Waals surface area contributed by atoms with E-state index >= 15 is 0 Å². The van der Waals surface area contributed by atoms with Crippen molar-refractivity contribution in [1.82, 2.24) is 0 Å². The van der Waals surface area contributed by atoms with Crippen LogP contribution in [0.5, 0.6) is 0 Å². The molecular formula is C22H34. The van der Waals surface area contributed by atoms with Gasteiger partial charge in [-0.3, -0.25) is 0 Å². The van der Waals surface area contributed by atoms with Crippen molar-refractivity contribution in [2.24, 2.45) is 17.3 Å². The molecule has 0 aliphatic heterocycles. The van der Waals surface area contributed by atoms with Crippen molar-refractivity contribution >= 4 is 0 Å². The predicted molar refractivity (Wildman–Crippen MR) is 101 cm³/mol. The van der Waals surface area contributed by atoms with E-state index in [2.05, 4.69) is 77.7 Å². The zero-order chi connectivity index (χ0) is 16.8. The molecule has 1 aliphatic rings. The molecule has 22 heavy (non-hydrogen) atoms. The Bertz CT molecular complexity index is 494. The van der Waals surface area contributed by atoms with Crippen molar-refractivity contribution in [2.75, 3.05) is 0 Å². The summed E-state index contributed by atoms with van der Waals surface area (Å²) in [6, 6.07) is 0. The van der Waals surface area contributed by atoms with Crippen LogP contribution >= 0.6 is 0 Å².